The normalized spacial score (nSPS) is 40.6. The lowest BCUT2D eigenvalue weighted by Gasteiger charge is -2.45. The van der Waals surface area contributed by atoms with Crippen molar-refractivity contribution in [2.45, 2.75) is 59.4 Å². The highest BCUT2D eigenvalue weighted by atomic mass is 14.9. The Kier molecular flexibility index (Phi) is 3.78. The highest BCUT2D eigenvalue weighted by Crippen LogP contribution is 2.42. The van der Waals surface area contributed by atoms with E-state index >= 15 is 0 Å². The fraction of sp³-hybridized carbons (Fsp3) is 1.00. The molecule has 1 aliphatic heterocycles. The second kappa shape index (κ2) is 4.45. The van der Waals surface area contributed by atoms with Crippen molar-refractivity contribution < 1.29 is 0 Å². The van der Waals surface area contributed by atoms with Crippen LogP contribution in [0.5, 0.6) is 0 Å². The van der Waals surface area contributed by atoms with Gasteiger partial charge in [-0.1, -0.05) is 33.6 Å². The van der Waals surface area contributed by atoms with Crippen LogP contribution in [0.15, 0.2) is 0 Å². The molecule has 3 unspecified atom stereocenters. The SMILES string of the molecule is CCCC1(CC)CC(C)NCC1C. The summed E-state index contributed by atoms with van der Waals surface area (Å²) >= 11 is 0. The Morgan fingerprint density at radius 2 is 2.00 bits per heavy atom. The molecule has 0 aliphatic carbocycles. The molecule has 0 aromatic carbocycles. The molecule has 0 aromatic heterocycles. The summed E-state index contributed by atoms with van der Waals surface area (Å²) in [6.07, 6.45) is 5.48. The largest absolute Gasteiger partial charge is 0.314 e. The van der Waals surface area contributed by atoms with Gasteiger partial charge >= 0.3 is 0 Å². The second-order valence-corrected chi connectivity index (χ2v) is 4.88. The lowest BCUT2D eigenvalue weighted by Crippen LogP contribution is -2.48. The van der Waals surface area contributed by atoms with Crippen LogP contribution in [-0.4, -0.2) is 12.6 Å². The first-order valence-corrected chi connectivity index (χ1v) is 5.88. The Balaban J connectivity index is 2.67. The van der Waals surface area contributed by atoms with Crippen LogP contribution in [0.1, 0.15) is 53.4 Å². The first kappa shape index (κ1) is 11.0. The van der Waals surface area contributed by atoms with Gasteiger partial charge in [-0.15, -0.1) is 0 Å². The smallest absolute Gasteiger partial charge is 0.00442 e. The molecule has 1 heterocycles. The third kappa shape index (κ3) is 2.25. The maximum atomic E-state index is 3.58. The van der Waals surface area contributed by atoms with E-state index in [2.05, 4.69) is 33.0 Å². The van der Waals surface area contributed by atoms with Crippen molar-refractivity contribution in [1.82, 2.24) is 5.32 Å². The average Bonchev–Trinajstić information content (AvgIpc) is 2.12. The summed E-state index contributed by atoms with van der Waals surface area (Å²) < 4.78 is 0. The molecule has 0 bridgehead atoms. The predicted molar refractivity (Wildman–Crippen MR) is 58.9 cm³/mol. The molecule has 0 saturated carbocycles. The van der Waals surface area contributed by atoms with Crippen molar-refractivity contribution in [2.75, 3.05) is 6.54 Å². The third-order valence-corrected chi connectivity index (χ3v) is 3.98. The molecule has 0 amide bonds. The lowest BCUT2D eigenvalue weighted by atomic mass is 9.65. The van der Waals surface area contributed by atoms with Gasteiger partial charge in [0.15, 0.2) is 0 Å². The minimum Gasteiger partial charge on any atom is -0.314 e. The zero-order valence-corrected chi connectivity index (χ0v) is 9.69. The van der Waals surface area contributed by atoms with E-state index in [-0.39, 0.29) is 0 Å². The minimum absolute atomic E-state index is 0.638. The van der Waals surface area contributed by atoms with E-state index in [1.54, 1.807) is 0 Å². The molecule has 1 nitrogen and oxygen atoms in total. The van der Waals surface area contributed by atoms with E-state index in [4.69, 9.17) is 0 Å². The van der Waals surface area contributed by atoms with Gasteiger partial charge in [-0.25, -0.2) is 0 Å². The number of rotatable bonds is 3. The Hall–Kier alpha value is -0.0400. The van der Waals surface area contributed by atoms with Gasteiger partial charge in [0.25, 0.3) is 0 Å². The molecule has 13 heavy (non-hydrogen) atoms. The Labute approximate surface area is 83.3 Å². The Morgan fingerprint density at radius 3 is 2.54 bits per heavy atom. The van der Waals surface area contributed by atoms with Crippen LogP contribution in [0.25, 0.3) is 0 Å². The van der Waals surface area contributed by atoms with Crippen molar-refractivity contribution in [1.29, 1.82) is 0 Å². The first-order valence-electron chi connectivity index (χ1n) is 5.88. The van der Waals surface area contributed by atoms with Gasteiger partial charge in [-0.3, -0.25) is 0 Å². The second-order valence-electron chi connectivity index (χ2n) is 4.88. The van der Waals surface area contributed by atoms with Gasteiger partial charge in [0.05, 0.1) is 0 Å². The average molecular weight is 183 g/mol. The van der Waals surface area contributed by atoms with E-state index in [0.29, 0.717) is 5.41 Å². The van der Waals surface area contributed by atoms with Gasteiger partial charge in [0, 0.05) is 6.04 Å². The first-order chi connectivity index (χ1) is 6.14. The number of hydrogen-bond acceptors (Lipinski definition) is 1. The summed E-state index contributed by atoms with van der Waals surface area (Å²) in [4.78, 5) is 0. The standard InChI is InChI=1S/C12H25N/c1-5-7-12(6-2)8-11(4)13-9-10(12)3/h10-11,13H,5-9H2,1-4H3. The van der Waals surface area contributed by atoms with Gasteiger partial charge in [-0.2, -0.15) is 0 Å². The molecule has 0 spiro atoms. The summed E-state index contributed by atoms with van der Waals surface area (Å²) in [6, 6.07) is 0.725. The zero-order valence-electron chi connectivity index (χ0n) is 9.69. The van der Waals surface area contributed by atoms with Gasteiger partial charge in [0.1, 0.15) is 0 Å². The van der Waals surface area contributed by atoms with Gasteiger partial charge in [0.2, 0.25) is 0 Å². The molecule has 1 fully saturated rings. The zero-order chi connectivity index (χ0) is 9.90. The molecule has 0 aromatic rings. The van der Waals surface area contributed by atoms with Crippen LogP contribution in [0.4, 0.5) is 0 Å². The quantitative estimate of drug-likeness (QED) is 0.708. The molecule has 1 saturated heterocycles. The highest BCUT2D eigenvalue weighted by molar-refractivity contribution is 4.91. The summed E-state index contributed by atoms with van der Waals surface area (Å²) in [5.41, 5.74) is 0.638. The van der Waals surface area contributed by atoms with Crippen LogP contribution >= 0.6 is 0 Å². The molecular weight excluding hydrogens is 158 g/mol. The van der Waals surface area contributed by atoms with Crippen molar-refractivity contribution in [3.8, 4) is 0 Å². The van der Waals surface area contributed by atoms with Crippen molar-refractivity contribution in [2.24, 2.45) is 11.3 Å². The molecule has 1 heteroatoms. The Bertz CT molecular complexity index is 155. The van der Waals surface area contributed by atoms with E-state index in [9.17, 15) is 0 Å². The summed E-state index contributed by atoms with van der Waals surface area (Å²) in [6.45, 7) is 10.6. The monoisotopic (exact) mass is 183 g/mol. The topological polar surface area (TPSA) is 12.0 Å². The molecule has 78 valence electrons. The third-order valence-electron chi connectivity index (χ3n) is 3.98. The fourth-order valence-electron chi connectivity index (χ4n) is 2.99. The maximum Gasteiger partial charge on any atom is 0.00442 e. The van der Waals surface area contributed by atoms with Crippen molar-refractivity contribution >= 4 is 0 Å². The molecule has 0 radical (unpaired) electrons. The Morgan fingerprint density at radius 1 is 1.31 bits per heavy atom. The molecule has 1 N–H and O–H groups in total. The van der Waals surface area contributed by atoms with Gasteiger partial charge in [-0.05, 0) is 37.6 Å². The number of nitrogens with one attached hydrogen (secondary N) is 1. The van der Waals surface area contributed by atoms with Gasteiger partial charge < -0.3 is 5.32 Å². The van der Waals surface area contributed by atoms with Crippen molar-refractivity contribution in [3.63, 3.8) is 0 Å². The van der Waals surface area contributed by atoms with E-state index < -0.39 is 0 Å². The fourth-order valence-corrected chi connectivity index (χ4v) is 2.99. The van der Waals surface area contributed by atoms with Crippen LogP contribution in [-0.2, 0) is 0 Å². The molecular formula is C12H25N. The summed E-state index contributed by atoms with van der Waals surface area (Å²) in [5, 5.41) is 3.58. The predicted octanol–water partition coefficient (Wildman–Crippen LogP) is 3.20. The molecule has 3 atom stereocenters. The summed E-state index contributed by atoms with van der Waals surface area (Å²) in [5.74, 6) is 0.855. The van der Waals surface area contributed by atoms with Crippen LogP contribution in [0.3, 0.4) is 0 Å². The van der Waals surface area contributed by atoms with Crippen molar-refractivity contribution in [3.05, 3.63) is 0 Å². The van der Waals surface area contributed by atoms with Crippen LogP contribution < -0.4 is 5.32 Å². The van der Waals surface area contributed by atoms with Crippen LogP contribution in [0, 0.1) is 11.3 Å². The summed E-state index contributed by atoms with van der Waals surface area (Å²) in [7, 11) is 0. The van der Waals surface area contributed by atoms with Crippen LogP contribution in [0.2, 0.25) is 0 Å². The highest BCUT2D eigenvalue weighted by Gasteiger charge is 2.37. The molecule has 1 aliphatic rings. The van der Waals surface area contributed by atoms with E-state index in [1.165, 1.54) is 32.2 Å². The van der Waals surface area contributed by atoms with E-state index in [0.717, 1.165) is 12.0 Å². The number of hydrogen-bond donors (Lipinski definition) is 1. The number of piperidine rings is 1. The molecule has 1 rings (SSSR count). The minimum atomic E-state index is 0.638. The lowest BCUT2D eigenvalue weighted by molar-refractivity contribution is 0.0790. The van der Waals surface area contributed by atoms with E-state index in [1.807, 2.05) is 0 Å². The maximum absolute atomic E-state index is 3.58.